The third kappa shape index (κ3) is 1.90. The van der Waals surface area contributed by atoms with Crippen molar-refractivity contribution in [2.75, 3.05) is 4.90 Å². The van der Waals surface area contributed by atoms with Crippen LogP contribution in [0.25, 0.3) is 0 Å². The standard InChI is InChI=1S/C10H6Cl3NO2/c11-6-2-1-5(3-7(6)12)14-9(15)4-8(13)10(14)16/h1-3,8H,4H2. The zero-order valence-corrected chi connectivity index (χ0v) is 10.2. The topological polar surface area (TPSA) is 37.4 Å². The van der Waals surface area contributed by atoms with Crippen molar-refractivity contribution in [3.8, 4) is 0 Å². The average molecular weight is 279 g/mol. The van der Waals surface area contributed by atoms with Gasteiger partial charge < -0.3 is 0 Å². The van der Waals surface area contributed by atoms with Crippen molar-refractivity contribution in [3.63, 3.8) is 0 Å². The van der Waals surface area contributed by atoms with Gasteiger partial charge in [-0.25, -0.2) is 4.90 Å². The van der Waals surface area contributed by atoms with E-state index in [4.69, 9.17) is 34.8 Å². The van der Waals surface area contributed by atoms with E-state index in [1.54, 1.807) is 6.07 Å². The van der Waals surface area contributed by atoms with Gasteiger partial charge in [-0.2, -0.15) is 0 Å². The summed E-state index contributed by atoms with van der Waals surface area (Å²) in [6.07, 6.45) is 0.0145. The molecule has 2 amide bonds. The quantitative estimate of drug-likeness (QED) is 0.585. The predicted octanol–water partition coefficient (Wildman–Crippen LogP) is 2.86. The average Bonchev–Trinajstić information content (AvgIpc) is 2.47. The summed E-state index contributed by atoms with van der Waals surface area (Å²) in [5, 5.41) is -0.133. The van der Waals surface area contributed by atoms with Gasteiger partial charge in [-0.3, -0.25) is 9.59 Å². The minimum atomic E-state index is -0.790. The summed E-state index contributed by atoms with van der Waals surface area (Å²) in [4.78, 5) is 24.2. The van der Waals surface area contributed by atoms with Crippen LogP contribution in [0.1, 0.15) is 6.42 Å². The highest BCUT2D eigenvalue weighted by Gasteiger charge is 2.38. The maximum Gasteiger partial charge on any atom is 0.252 e. The first-order valence-electron chi connectivity index (χ1n) is 4.46. The predicted molar refractivity (Wildman–Crippen MR) is 63.2 cm³/mol. The lowest BCUT2D eigenvalue weighted by Crippen LogP contribution is -2.30. The fourth-order valence-electron chi connectivity index (χ4n) is 1.49. The number of benzene rings is 1. The van der Waals surface area contributed by atoms with Crippen LogP contribution in [0.5, 0.6) is 0 Å². The molecule has 1 aromatic rings. The molecule has 0 aliphatic carbocycles. The number of amides is 2. The first kappa shape index (κ1) is 11.7. The molecule has 0 aromatic heterocycles. The normalized spacial score (nSPS) is 20.7. The van der Waals surface area contributed by atoms with Crippen molar-refractivity contribution < 1.29 is 9.59 Å². The van der Waals surface area contributed by atoms with E-state index in [1.165, 1.54) is 12.1 Å². The number of alkyl halides is 1. The fourth-order valence-corrected chi connectivity index (χ4v) is 2.01. The highest BCUT2D eigenvalue weighted by Crippen LogP contribution is 2.31. The number of halogens is 3. The van der Waals surface area contributed by atoms with Gasteiger partial charge in [0.25, 0.3) is 5.91 Å². The Balaban J connectivity index is 2.41. The Morgan fingerprint density at radius 3 is 2.38 bits per heavy atom. The molecule has 1 aliphatic heterocycles. The van der Waals surface area contributed by atoms with Crippen LogP contribution in [0.3, 0.4) is 0 Å². The molecule has 6 heteroatoms. The van der Waals surface area contributed by atoms with Crippen molar-refractivity contribution in [1.82, 2.24) is 0 Å². The zero-order chi connectivity index (χ0) is 11.9. The van der Waals surface area contributed by atoms with Crippen molar-refractivity contribution in [1.29, 1.82) is 0 Å². The van der Waals surface area contributed by atoms with Crippen LogP contribution in [-0.2, 0) is 9.59 Å². The van der Waals surface area contributed by atoms with Gasteiger partial charge in [0, 0.05) is 0 Å². The lowest BCUT2D eigenvalue weighted by molar-refractivity contribution is -0.121. The molecular formula is C10H6Cl3NO2. The highest BCUT2D eigenvalue weighted by atomic mass is 35.5. The van der Waals surface area contributed by atoms with Crippen molar-refractivity contribution >= 4 is 52.3 Å². The maximum absolute atomic E-state index is 11.6. The smallest absolute Gasteiger partial charge is 0.252 e. The number of rotatable bonds is 1. The van der Waals surface area contributed by atoms with Crippen molar-refractivity contribution in [3.05, 3.63) is 28.2 Å². The lowest BCUT2D eigenvalue weighted by atomic mass is 10.3. The van der Waals surface area contributed by atoms with Crippen LogP contribution >= 0.6 is 34.8 Å². The summed E-state index contributed by atoms with van der Waals surface area (Å²) < 4.78 is 0. The van der Waals surface area contributed by atoms with Gasteiger partial charge in [-0.05, 0) is 18.2 Å². The number of carbonyl (C=O) groups excluding carboxylic acids is 2. The van der Waals surface area contributed by atoms with Gasteiger partial charge in [0.15, 0.2) is 0 Å². The number of anilines is 1. The summed E-state index contributed by atoms with van der Waals surface area (Å²) in [6, 6.07) is 4.55. The van der Waals surface area contributed by atoms with Crippen LogP contribution in [0, 0.1) is 0 Å². The Morgan fingerprint density at radius 1 is 1.19 bits per heavy atom. The number of imide groups is 1. The first-order chi connectivity index (χ1) is 7.50. The second kappa shape index (κ2) is 4.24. The molecule has 1 atom stereocenters. The third-order valence-corrected chi connectivity index (χ3v) is 3.33. The van der Waals surface area contributed by atoms with Gasteiger partial charge in [-0.1, -0.05) is 23.2 Å². The van der Waals surface area contributed by atoms with E-state index in [-0.39, 0.29) is 17.4 Å². The summed E-state index contributed by atoms with van der Waals surface area (Å²) >= 11 is 17.3. The molecule has 1 fully saturated rings. The second-order valence-electron chi connectivity index (χ2n) is 3.34. The Hall–Kier alpha value is -0.770. The number of carbonyl (C=O) groups is 2. The number of nitrogens with zero attached hydrogens (tertiary/aromatic N) is 1. The SMILES string of the molecule is O=C1CC(Cl)C(=O)N1c1ccc(Cl)c(Cl)c1. The Labute approximate surface area is 107 Å². The fraction of sp³-hybridized carbons (Fsp3) is 0.200. The van der Waals surface area contributed by atoms with Crippen molar-refractivity contribution in [2.24, 2.45) is 0 Å². The minimum Gasteiger partial charge on any atom is -0.274 e. The molecular weight excluding hydrogens is 272 g/mol. The monoisotopic (exact) mass is 277 g/mol. The van der Waals surface area contributed by atoms with E-state index >= 15 is 0 Å². The summed E-state index contributed by atoms with van der Waals surface area (Å²) in [6.45, 7) is 0. The molecule has 1 aliphatic rings. The number of hydrogen-bond donors (Lipinski definition) is 0. The maximum atomic E-state index is 11.6. The molecule has 1 unspecified atom stereocenters. The van der Waals surface area contributed by atoms with Gasteiger partial charge in [0.1, 0.15) is 5.38 Å². The molecule has 0 spiro atoms. The van der Waals surface area contributed by atoms with E-state index in [2.05, 4.69) is 0 Å². The Kier molecular flexibility index (Phi) is 3.10. The second-order valence-corrected chi connectivity index (χ2v) is 4.68. The lowest BCUT2D eigenvalue weighted by Gasteiger charge is -2.14. The molecule has 0 radical (unpaired) electrons. The summed E-state index contributed by atoms with van der Waals surface area (Å²) in [5.41, 5.74) is 0.396. The molecule has 0 bridgehead atoms. The summed E-state index contributed by atoms with van der Waals surface area (Å²) in [7, 11) is 0. The van der Waals surface area contributed by atoms with Crippen LogP contribution in [0.2, 0.25) is 10.0 Å². The molecule has 0 saturated carbocycles. The summed E-state index contributed by atoms with van der Waals surface area (Å²) in [5.74, 6) is -0.756. The number of hydrogen-bond acceptors (Lipinski definition) is 2. The Bertz CT molecular complexity index is 475. The molecule has 1 heterocycles. The van der Waals surface area contributed by atoms with E-state index < -0.39 is 11.3 Å². The van der Waals surface area contributed by atoms with Crippen LogP contribution in [-0.4, -0.2) is 17.2 Å². The minimum absolute atomic E-state index is 0.0145. The molecule has 1 saturated heterocycles. The molecule has 1 aromatic carbocycles. The Morgan fingerprint density at radius 2 is 1.88 bits per heavy atom. The van der Waals surface area contributed by atoms with Gasteiger partial charge in [0.05, 0.1) is 22.2 Å². The van der Waals surface area contributed by atoms with Gasteiger partial charge in [0.2, 0.25) is 5.91 Å². The van der Waals surface area contributed by atoms with E-state index in [1.807, 2.05) is 0 Å². The van der Waals surface area contributed by atoms with Crippen LogP contribution in [0.15, 0.2) is 18.2 Å². The van der Waals surface area contributed by atoms with Gasteiger partial charge >= 0.3 is 0 Å². The molecule has 84 valence electrons. The van der Waals surface area contributed by atoms with Crippen molar-refractivity contribution in [2.45, 2.75) is 11.8 Å². The van der Waals surface area contributed by atoms with Crippen LogP contribution in [0.4, 0.5) is 5.69 Å². The van der Waals surface area contributed by atoms with E-state index in [0.717, 1.165) is 4.90 Å². The molecule has 3 nitrogen and oxygen atoms in total. The molecule has 0 N–H and O–H groups in total. The highest BCUT2D eigenvalue weighted by molar-refractivity contribution is 6.43. The first-order valence-corrected chi connectivity index (χ1v) is 5.66. The van der Waals surface area contributed by atoms with E-state index in [9.17, 15) is 9.59 Å². The molecule has 16 heavy (non-hydrogen) atoms. The largest absolute Gasteiger partial charge is 0.274 e. The van der Waals surface area contributed by atoms with Crippen LogP contribution < -0.4 is 4.90 Å². The molecule has 2 rings (SSSR count). The van der Waals surface area contributed by atoms with E-state index in [0.29, 0.717) is 10.7 Å². The zero-order valence-electron chi connectivity index (χ0n) is 7.91. The van der Waals surface area contributed by atoms with Gasteiger partial charge in [-0.15, -0.1) is 11.6 Å². The third-order valence-electron chi connectivity index (χ3n) is 2.25.